The van der Waals surface area contributed by atoms with Crippen LogP contribution in [-0.4, -0.2) is 43.9 Å². The van der Waals surface area contributed by atoms with Gasteiger partial charge in [-0.25, -0.2) is 0 Å². The van der Waals surface area contributed by atoms with Crippen LogP contribution in [0.2, 0.25) is 0 Å². The minimum atomic E-state index is -0.375. The van der Waals surface area contributed by atoms with Crippen molar-refractivity contribution in [1.29, 1.82) is 0 Å². The number of ketones is 1. The minimum Gasteiger partial charge on any atom is -0.467 e. The molecule has 3 rings (SSSR count). The molecule has 1 N–H and O–H groups in total. The highest BCUT2D eigenvalue weighted by atomic mass is 32.2. The Labute approximate surface area is 153 Å². The van der Waals surface area contributed by atoms with E-state index < -0.39 is 0 Å². The number of rotatable bonds is 9. The number of aromatic amines is 1. The van der Waals surface area contributed by atoms with Crippen molar-refractivity contribution in [2.45, 2.75) is 25.0 Å². The van der Waals surface area contributed by atoms with Gasteiger partial charge in [-0.2, -0.15) is 0 Å². The van der Waals surface area contributed by atoms with Crippen molar-refractivity contribution in [2.24, 2.45) is 0 Å². The van der Waals surface area contributed by atoms with Gasteiger partial charge in [0, 0.05) is 6.20 Å². The van der Waals surface area contributed by atoms with Crippen molar-refractivity contribution < 1.29 is 18.7 Å². The molecule has 0 unspecified atom stereocenters. The molecular formula is C17H18N4O4S. The number of hydrogen-bond acceptors (Lipinski definition) is 7. The van der Waals surface area contributed by atoms with Gasteiger partial charge in [0.25, 0.3) is 0 Å². The number of aromatic nitrogens is 4. The van der Waals surface area contributed by atoms with Crippen LogP contribution in [-0.2, 0) is 22.5 Å². The average Bonchev–Trinajstić information content (AvgIpc) is 3.37. The number of ether oxygens (including phenoxy) is 1. The molecule has 8 nitrogen and oxygen atoms in total. The highest BCUT2D eigenvalue weighted by Crippen LogP contribution is 2.20. The summed E-state index contributed by atoms with van der Waals surface area (Å²) in [5, 5.41) is 8.76. The summed E-state index contributed by atoms with van der Waals surface area (Å²) < 4.78 is 12.1. The quantitative estimate of drug-likeness (QED) is 0.348. The molecule has 0 aliphatic carbocycles. The summed E-state index contributed by atoms with van der Waals surface area (Å²) >= 11 is 1.26. The predicted molar refractivity (Wildman–Crippen MR) is 94.0 cm³/mol. The van der Waals surface area contributed by atoms with Crippen LogP contribution >= 0.6 is 11.8 Å². The van der Waals surface area contributed by atoms with Gasteiger partial charge >= 0.3 is 5.97 Å². The summed E-state index contributed by atoms with van der Waals surface area (Å²) in [6.07, 6.45) is 3.29. The van der Waals surface area contributed by atoms with Gasteiger partial charge in [-0.15, -0.1) is 10.2 Å². The maximum Gasteiger partial charge on any atom is 0.313 e. The first-order valence-corrected chi connectivity index (χ1v) is 9.05. The summed E-state index contributed by atoms with van der Waals surface area (Å²) in [6.45, 7) is 2.42. The predicted octanol–water partition coefficient (Wildman–Crippen LogP) is 2.33. The summed E-state index contributed by atoms with van der Waals surface area (Å²) in [5.41, 5.74) is 0.543. The second-order valence-electron chi connectivity index (χ2n) is 5.34. The van der Waals surface area contributed by atoms with E-state index in [1.54, 1.807) is 42.1 Å². The van der Waals surface area contributed by atoms with Crippen LogP contribution < -0.4 is 0 Å². The standard InChI is InChI=1S/C17H18N4O4S/c1-2-24-16(23)9-15-19-20-17(21(15)10-12-5-4-8-25-12)26-11-14(22)13-6-3-7-18-13/h3-8,18H,2,9-11H2,1H3. The van der Waals surface area contributed by atoms with E-state index in [2.05, 4.69) is 15.2 Å². The molecule has 0 aliphatic rings. The molecule has 9 heteroatoms. The Kier molecular flexibility index (Phi) is 5.90. The minimum absolute atomic E-state index is 0.00663. The molecule has 3 heterocycles. The third-order valence-electron chi connectivity index (χ3n) is 3.53. The first-order valence-electron chi connectivity index (χ1n) is 8.07. The third-order valence-corrected chi connectivity index (χ3v) is 4.49. The molecule has 0 spiro atoms. The maximum absolute atomic E-state index is 12.2. The molecule has 3 aromatic rings. The van der Waals surface area contributed by atoms with Gasteiger partial charge in [0.05, 0.1) is 30.9 Å². The second kappa shape index (κ2) is 8.52. The highest BCUT2D eigenvalue weighted by Gasteiger charge is 2.19. The van der Waals surface area contributed by atoms with Gasteiger partial charge in [0.1, 0.15) is 18.0 Å². The Balaban J connectivity index is 1.76. The molecule has 0 bridgehead atoms. The summed E-state index contributed by atoms with van der Waals surface area (Å²) in [7, 11) is 0. The van der Waals surface area contributed by atoms with Crippen molar-refractivity contribution in [2.75, 3.05) is 12.4 Å². The van der Waals surface area contributed by atoms with Gasteiger partial charge in [-0.3, -0.25) is 14.2 Å². The van der Waals surface area contributed by atoms with Gasteiger partial charge in [0.15, 0.2) is 10.9 Å². The molecule has 136 valence electrons. The Morgan fingerprint density at radius 2 is 2.19 bits per heavy atom. The first-order chi connectivity index (χ1) is 12.7. The van der Waals surface area contributed by atoms with Gasteiger partial charge in [-0.1, -0.05) is 11.8 Å². The molecular weight excluding hydrogens is 356 g/mol. The van der Waals surface area contributed by atoms with Crippen molar-refractivity contribution in [3.8, 4) is 0 Å². The number of H-pyrrole nitrogens is 1. The topological polar surface area (TPSA) is 103 Å². The van der Waals surface area contributed by atoms with Crippen LogP contribution in [0.5, 0.6) is 0 Å². The van der Waals surface area contributed by atoms with E-state index in [1.807, 2.05) is 6.07 Å². The first kappa shape index (κ1) is 18.0. The number of hydrogen-bond donors (Lipinski definition) is 1. The number of esters is 1. The number of nitrogens with zero attached hydrogens (tertiary/aromatic N) is 3. The molecule has 0 saturated heterocycles. The van der Waals surface area contributed by atoms with Crippen LogP contribution in [0.25, 0.3) is 0 Å². The monoisotopic (exact) mass is 374 g/mol. The Bertz CT molecular complexity index is 856. The average molecular weight is 374 g/mol. The van der Waals surface area contributed by atoms with E-state index in [9.17, 15) is 9.59 Å². The van der Waals surface area contributed by atoms with Crippen LogP contribution in [0.3, 0.4) is 0 Å². The van der Waals surface area contributed by atoms with Gasteiger partial charge < -0.3 is 14.1 Å². The number of furan rings is 1. The van der Waals surface area contributed by atoms with Crippen molar-refractivity contribution >= 4 is 23.5 Å². The number of Topliss-reactive ketones (excluding diaryl/α,β-unsaturated/α-hetero) is 1. The van der Waals surface area contributed by atoms with Crippen LogP contribution in [0, 0.1) is 0 Å². The van der Waals surface area contributed by atoms with E-state index in [4.69, 9.17) is 9.15 Å². The van der Waals surface area contributed by atoms with E-state index in [-0.39, 0.29) is 23.9 Å². The lowest BCUT2D eigenvalue weighted by Gasteiger charge is -2.08. The lowest BCUT2D eigenvalue weighted by atomic mass is 10.3. The van der Waals surface area contributed by atoms with Gasteiger partial charge in [0.2, 0.25) is 0 Å². The number of carbonyl (C=O) groups excluding carboxylic acids is 2. The zero-order valence-corrected chi connectivity index (χ0v) is 15.0. The fourth-order valence-corrected chi connectivity index (χ4v) is 3.17. The summed E-state index contributed by atoms with van der Waals surface area (Å²) in [6, 6.07) is 7.11. The molecule has 0 amide bonds. The van der Waals surface area contributed by atoms with Crippen molar-refractivity contribution in [3.05, 3.63) is 54.0 Å². The Hall–Kier alpha value is -2.81. The highest BCUT2D eigenvalue weighted by molar-refractivity contribution is 7.99. The smallest absolute Gasteiger partial charge is 0.313 e. The van der Waals surface area contributed by atoms with Crippen LogP contribution in [0.15, 0.2) is 46.3 Å². The van der Waals surface area contributed by atoms with Gasteiger partial charge in [-0.05, 0) is 31.2 Å². The Morgan fingerprint density at radius 3 is 2.88 bits per heavy atom. The maximum atomic E-state index is 12.2. The molecule has 26 heavy (non-hydrogen) atoms. The van der Waals surface area contributed by atoms with E-state index >= 15 is 0 Å². The van der Waals surface area contributed by atoms with Crippen molar-refractivity contribution in [1.82, 2.24) is 19.7 Å². The molecule has 0 atom stereocenters. The molecule has 0 aromatic carbocycles. The lowest BCUT2D eigenvalue weighted by molar-refractivity contribution is -0.142. The SMILES string of the molecule is CCOC(=O)Cc1nnc(SCC(=O)c2ccc[nH]2)n1Cc1ccco1. The van der Waals surface area contributed by atoms with E-state index in [0.29, 0.717) is 35.6 Å². The molecule has 0 fully saturated rings. The molecule has 3 aromatic heterocycles. The van der Waals surface area contributed by atoms with E-state index in [1.165, 1.54) is 11.8 Å². The van der Waals surface area contributed by atoms with Crippen LogP contribution in [0.1, 0.15) is 29.0 Å². The number of thioether (sulfide) groups is 1. The fraction of sp³-hybridized carbons (Fsp3) is 0.294. The second-order valence-corrected chi connectivity index (χ2v) is 6.28. The molecule has 0 radical (unpaired) electrons. The van der Waals surface area contributed by atoms with Crippen LogP contribution in [0.4, 0.5) is 0 Å². The zero-order chi connectivity index (χ0) is 18.4. The number of carbonyl (C=O) groups is 2. The van der Waals surface area contributed by atoms with Crippen molar-refractivity contribution in [3.63, 3.8) is 0 Å². The van der Waals surface area contributed by atoms with E-state index in [0.717, 1.165) is 0 Å². The normalized spacial score (nSPS) is 10.8. The lowest BCUT2D eigenvalue weighted by Crippen LogP contribution is -2.14. The molecule has 0 aliphatic heterocycles. The number of nitrogens with one attached hydrogen (secondary N) is 1. The summed E-state index contributed by atoms with van der Waals surface area (Å²) in [5.74, 6) is 0.956. The zero-order valence-electron chi connectivity index (χ0n) is 14.2. The largest absolute Gasteiger partial charge is 0.467 e. The summed E-state index contributed by atoms with van der Waals surface area (Å²) in [4.78, 5) is 26.9. The Morgan fingerprint density at radius 1 is 1.31 bits per heavy atom. The third kappa shape index (κ3) is 4.42. The molecule has 0 saturated carbocycles. The fourth-order valence-electron chi connectivity index (χ4n) is 2.33.